The molecule has 8 heteroatoms. The van der Waals surface area contributed by atoms with E-state index in [9.17, 15) is 0 Å². The van der Waals surface area contributed by atoms with E-state index in [-0.39, 0.29) is 11.6 Å². The van der Waals surface area contributed by atoms with Crippen molar-refractivity contribution in [3.05, 3.63) is 65.5 Å². The van der Waals surface area contributed by atoms with Gasteiger partial charge in [0.1, 0.15) is 23.3 Å². The fourth-order valence-electron chi connectivity index (χ4n) is 2.70. The van der Waals surface area contributed by atoms with Gasteiger partial charge in [-0.2, -0.15) is 4.98 Å². The lowest BCUT2D eigenvalue weighted by molar-refractivity contribution is 0.415. The molecule has 4 rings (SSSR count). The molecule has 28 heavy (non-hydrogen) atoms. The first-order chi connectivity index (χ1) is 13.7. The van der Waals surface area contributed by atoms with Crippen molar-refractivity contribution in [1.29, 1.82) is 0 Å². The Hall–Kier alpha value is -3.39. The molecule has 0 fully saturated rings. The van der Waals surface area contributed by atoms with E-state index in [1.54, 1.807) is 13.3 Å². The number of methoxy groups -OCH3 is 1. The lowest BCUT2D eigenvalue weighted by Crippen LogP contribution is -2.03. The van der Waals surface area contributed by atoms with Crippen LogP contribution in [-0.2, 0) is 0 Å². The van der Waals surface area contributed by atoms with E-state index < -0.39 is 0 Å². The SMILES string of the molecule is COc1cccc(Nc2ncnc(Oc3ccc(Br)c4cccnc34)c2N)c1. The molecule has 0 bridgehead atoms. The molecule has 0 unspecified atom stereocenters. The number of hydrogen-bond donors (Lipinski definition) is 2. The Morgan fingerprint density at radius 1 is 1.04 bits per heavy atom. The molecular weight excluding hydrogens is 422 g/mol. The van der Waals surface area contributed by atoms with Crippen LogP contribution in [-0.4, -0.2) is 22.1 Å². The summed E-state index contributed by atoms with van der Waals surface area (Å²) in [4.78, 5) is 12.8. The number of rotatable bonds is 5. The van der Waals surface area contributed by atoms with Crippen molar-refractivity contribution in [3.8, 4) is 17.4 Å². The number of aromatic nitrogens is 3. The van der Waals surface area contributed by atoms with Gasteiger partial charge in [0, 0.05) is 27.8 Å². The predicted octanol–water partition coefficient (Wildman–Crippen LogP) is 4.91. The second-order valence-electron chi connectivity index (χ2n) is 5.85. The molecule has 0 atom stereocenters. The normalized spacial score (nSPS) is 10.6. The summed E-state index contributed by atoms with van der Waals surface area (Å²) < 4.78 is 12.1. The predicted molar refractivity (Wildman–Crippen MR) is 112 cm³/mol. The number of nitrogens with two attached hydrogens (primary N) is 1. The Kier molecular flexibility index (Phi) is 4.94. The highest BCUT2D eigenvalue weighted by molar-refractivity contribution is 9.10. The van der Waals surface area contributed by atoms with Gasteiger partial charge >= 0.3 is 0 Å². The smallest absolute Gasteiger partial charge is 0.248 e. The van der Waals surface area contributed by atoms with Crippen LogP contribution in [0.5, 0.6) is 17.4 Å². The molecule has 0 aliphatic rings. The highest BCUT2D eigenvalue weighted by Crippen LogP contribution is 2.36. The first kappa shape index (κ1) is 18.0. The van der Waals surface area contributed by atoms with Crippen LogP contribution in [0.25, 0.3) is 10.9 Å². The van der Waals surface area contributed by atoms with Gasteiger partial charge in [-0.25, -0.2) is 4.98 Å². The summed E-state index contributed by atoms with van der Waals surface area (Å²) >= 11 is 3.53. The molecule has 2 aromatic heterocycles. The number of anilines is 3. The fraction of sp³-hybridized carbons (Fsp3) is 0.0500. The van der Waals surface area contributed by atoms with Crippen molar-refractivity contribution in [2.45, 2.75) is 0 Å². The molecule has 2 heterocycles. The summed E-state index contributed by atoms with van der Waals surface area (Å²) in [6.45, 7) is 0. The first-order valence-corrected chi connectivity index (χ1v) is 9.17. The molecule has 0 radical (unpaired) electrons. The average molecular weight is 438 g/mol. The van der Waals surface area contributed by atoms with Gasteiger partial charge in [0.15, 0.2) is 11.6 Å². The number of nitrogen functional groups attached to an aromatic ring is 1. The molecular formula is C20H16BrN5O2. The number of pyridine rings is 1. The maximum atomic E-state index is 6.25. The van der Waals surface area contributed by atoms with Crippen LogP contribution in [0.1, 0.15) is 0 Å². The summed E-state index contributed by atoms with van der Waals surface area (Å²) in [5, 5.41) is 4.09. The Morgan fingerprint density at radius 3 is 2.79 bits per heavy atom. The van der Waals surface area contributed by atoms with Crippen molar-refractivity contribution >= 4 is 44.0 Å². The quantitative estimate of drug-likeness (QED) is 0.457. The fourth-order valence-corrected chi connectivity index (χ4v) is 3.15. The van der Waals surface area contributed by atoms with Gasteiger partial charge in [-0.1, -0.05) is 28.1 Å². The highest BCUT2D eigenvalue weighted by atomic mass is 79.9. The first-order valence-electron chi connectivity index (χ1n) is 8.38. The van der Waals surface area contributed by atoms with Crippen molar-refractivity contribution < 1.29 is 9.47 Å². The van der Waals surface area contributed by atoms with E-state index in [4.69, 9.17) is 15.2 Å². The molecule has 140 valence electrons. The Bertz CT molecular complexity index is 1150. The van der Waals surface area contributed by atoms with Crippen LogP contribution in [0, 0.1) is 0 Å². The Labute approximate surface area is 169 Å². The minimum atomic E-state index is 0.245. The second-order valence-corrected chi connectivity index (χ2v) is 6.70. The summed E-state index contributed by atoms with van der Waals surface area (Å²) in [6, 6.07) is 15.0. The maximum absolute atomic E-state index is 6.25. The maximum Gasteiger partial charge on any atom is 0.248 e. The summed E-state index contributed by atoms with van der Waals surface area (Å²) in [5.74, 6) is 1.96. The molecule has 0 saturated carbocycles. The van der Waals surface area contributed by atoms with E-state index in [1.807, 2.05) is 48.5 Å². The van der Waals surface area contributed by atoms with E-state index in [0.29, 0.717) is 17.1 Å². The third-order valence-electron chi connectivity index (χ3n) is 4.07. The molecule has 0 spiro atoms. The number of hydrogen-bond acceptors (Lipinski definition) is 7. The van der Waals surface area contributed by atoms with Crippen molar-refractivity contribution in [1.82, 2.24) is 15.0 Å². The van der Waals surface area contributed by atoms with Crippen molar-refractivity contribution in [2.75, 3.05) is 18.2 Å². The zero-order valence-corrected chi connectivity index (χ0v) is 16.5. The average Bonchev–Trinajstić information content (AvgIpc) is 2.73. The third kappa shape index (κ3) is 3.54. The largest absolute Gasteiger partial charge is 0.497 e. The zero-order valence-electron chi connectivity index (χ0n) is 14.9. The Balaban J connectivity index is 1.67. The van der Waals surface area contributed by atoms with Crippen LogP contribution >= 0.6 is 15.9 Å². The number of ether oxygens (including phenoxy) is 2. The lowest BCUT2D eigenvalue weighted by atomic mass is 10.2. The third-order valence-corrected chi connectivity index (χ3v) is 4.76. The number of nitrogens with zero attached hydrogens (tertiary/aromatic N) is 3. The van der Waals surface area contributed by atoms with Crippen molar-refractivity contribution in [2.24, 2.45) is 0 Å². The van der Waals surface area contributed by atoms with E-state index in [0.717, 1.165) is 21.3 Å². The summed E-state index contributed by atoms with van der Waals surface area (Å²) in [6.07, 6.45) is 3.10. The molecule has 7 nitrogen and oxygen atoms in total. The van der Waals surface area contributed by atoms with E-state index in [2.05, 4.69) is 36.2 Å². The van der Waals surface area contributed by atoms with E-state index >= 15 is 0 Å². The molecule has 4 aromatic rings. The zero-order chi connectivity index (χ0) is 19.5. The van der Waals surface area contributed by atoms with Crippen LogP contribution in [0.3, 0.4) is 0 Å². The highest BCUT2D eigenvalue weighted by Gasteiger charge is 2.14. The van der Waals surface area contributed by atoms with Gasteiger partial charge in [-0.15, -0.1) is 0 Å². The molecule has 0 aliphatic carbocycles. The minimum absolute atomic E-state index is 0.245. The van der Waals surface area contributed by atoms with Gasteiger partial charge in [0.2, 0.25) is 5.88 Å². The topological polar surface area (TPSA) is 95.2 Å². The monoisotopic (exact) mass is 437 g/mol. The van der Waals surface area contributed by atoms with Gasteiger partial charge in [-0.3, -0.25) is 4.98 Å². The van der Waals surface area contributed by atoms with Gasteiger partial charge in [-0.05, 0) is 30.3 Å². The van der Waals surface area contributed by atoms with Crippen LogP contribution in [0.4, 0.5) is 17.2 Å². The number of nitrogens with one attached hydrogen (secondary N) is 1. The number of benzene rings is 2. The van der Waals surface area contributed by atoms with E-state index in [1.165, 1.54) is 6.33 Å². The number of halogens is 1. The summed E-state index contributed by atoms with van der Waals surface area (Å²) in [7, 11) is 1.61. The summed E-state index contributed by atoms with van der Waals surface area (Å²) in [5.41, 5.74) is 8.03. The van der Waals surface area contributed by atoms with Crippen LogP contribution in [0.2, 0.25) is 0 Å². The second kappa shape index (κ2) is 7.69. The van der Waals surface area contributed by atoms with Crippen LogP contribution in [0.15, 0.2) is 65.5 Å². The van der Waals surface area contributed by atoms with Crippen molar-refractivity contribution in [3.63, 3.8) is 0 Å². The molecule has 0 saturated heterocycles. The molecule has 0 amide bonds. The van der Waals surface area contributed by atoms with Gasteiger partial charge < -0.3 is 20.5 Å². The van der Waals surface area contributed by atoms with Gasteiger partial charge in [0.25, 0.3) is 0 Å². The number of fused-ring (bicyclic) bond motifs is 1. The molecule has 2 aromatic carbocycles. The standard InChI is InChI=1S/C20H16BrN5O2/c1-27-13-5-2-4-12(10-13)26-19-17(22)20(25-11-24-19)28-16-8-7-15(21)14-6-3-9-23-18(14)16/h2-11H,22H2,1H3,(H,24,25,26). The minimum Gasteiger partial charge on any atom is -0.497 e. The Morgan fingerprint density at radius 2 is 1.93 bits per heavy atom. The van der Waals surface area contributed by atoms with Gasteiger partial charge in [0.05, 0.1) is 7.11 Å². The lowest BCUT2D eigenvalue weighted by Gasteiger charge is -2.13. The molecule has 0 aliphatic heterocycles. The van der Waals surface area contributed by atoms with Crippen LogP contribution < -0.4 is 20.5 Å². The molecule has 3 N–H and O–H groups in total.